The number of aromatic carboxylic acids is 1. The molecule has 2 rings (SSSR count). The molecule has 2 N–H and O–H groups in total. The zero-order chi connectivity index (χ0) is 16.5. The van der Waals surface area contributed by atoms with E-state index < -0.39 is 16.0 Å². The Balaban J connectivity index is 2.42. The molecule has 5 nitrogen and oxygen atoms in total. The molecule has 0 unspecified atom stereocenters. The molecule has 0 aliphatic carbocycles. The fraction of sp³-hybridized carbons (Fsp3) is 0.0714. The van der Waals surface area contributed by atoms with E-state index >= 15 is 0 Å². The number of carboxylic acid groups (broad SMARTS) is 1. The second-order valence-corrected chi connectivity index (χ2v) is 7.10. The monoisotopic (exact) mass is 359 g/mol. The van der Waals surface area contributed by atoms with Gasteiger partial charge in [-0.15, -0.1) is 0 Å². The lowest BCUT2D eigenvalue weighted by Crippen LogP contribution is -2.14. The minimum atomic E-state index is -3.95. The van der Waals surface area contributed by atoms with Gasteiger partial charge in [0.2, 0.25) is 0 Å². The number of rotatable bonds is 4. The van der Waals surface area contributed by atoms with E-state index in [1.165, 1.54) is 30.3 Å². The van der Waals surface area contributed by atoms with Gasteiger partial charge in [0.25, 0.3) is 10.0 Å². The Labute approximate surface area is 137 Å². The molecule has 0 amide bonds. The van der Waals surface area contributed by atoms with Crippen molar-refractivity contribution >= 4 is 44.9 Å². The van der Waals surface area contributed by atoms with Gasteiger partial charge in [0.1, 0.15) is 0 Å². The minimum Gasteiger partial charge on any atom is -0.478 e. The van der Waals surface area contributed by atoms with E-state index in [2.05, 4.69) is 4.72 Å². The van der Waals surface area contributed by atoms with E-state index in [0.29, 0.717) is 5.56 Å². The van der Waals surface area contributed by atoms with Crippen molar-refractivity contribution in [1.29, 1.82) is 0 Å². The first kappa shape index (κ1) is 16.6. The van der Waals surface area contributed by atoms with Crippen LogP contribution in [0.25, 0.3) is 0 Å². The summed E-state index contributed by atoms with van der Waals surface area (Å²) < 4.78 is 27.0. The highest BCUT2D eigenvalue weighted by Crippen LogP contribution is 2.25. The predicted octanol–water partition coefficient (Wildman–Crippen LogP) is 3.80. The van der Waals surface area contributed by atoms with Crippen LogP contribution in [0.1, 0.15) is 15.9 Å². The highest BCUT2D eigenvalue weighted by atomic mass is 35.5. The second kappa shape index (κ2) is 6.16. The van der Waals surface area contributed by atoms with E-state index in [9.17, 15) is 13.2 Å². The molecular formula is C14H11Cl2NO4S. The molecule has 116 valence electrons. The molecule has 22 heavy (non-hydrogen) atoms. The first-order chi connectivity index (χ1) is 10.2. The number of carbonyl (C=O) groups is 1. The first-order valence-electron chi connectivity index (χ1n) is 6.02. The van der Waals surface area contributed by atoms with Gasteiger partial charge in [-0.1, -0.05) is 29.3 Å². The molecule has 2 aromatic rings. The molecule has 0 radical (unpaired) electrons. The molecule has 0 saturated heterocycles. The van der Waals surface area contributed by atoms with Crippen LogP contribution in [-0.4, -0.2) is 19.5 Å². The van der Waals surface area contributed by atoms with Crippen molar-refractivity contribution in [3.8, 4) is 0 Å². The number of hydrogen-bond acceptors (Lipinski definition) is 3. The average Bonchev–Trinajstić information content (AvgIpc) is 2.36. The number of hydrogen-bond donors (Lipinski definition) is 2. The normalized spacial score (nSPS) is 11.2. The summed E-state index contributed by atoms with van der Waals surface area (Å²) in [5.74, 6) is -1.19. The van der Waals surface area contributed by atoms with Gasteiger partial charge in [-0.05, 0) is 42.8 Å². The smallest absolute Gasteiger partial charge is 0.335 e. The van der Waals surface area contributed by atoms with Crippen LogP contribution in [0.5, 0.6) is 0 Å². The zero-order valence-corrected chi connectivity index (χ0v) is 13.6. The number of nitrogens with one attached hydrogen (secondary N) is 1. The van der Waals surface area contributed by atoms with Crippen LogP contribution < -0.4 is 4.72 Å². The largest absolute Gasteiger partial charge is 0.478 e. The SMILES string of the molecule is Cc1ccc(S(=O)(=O)Nc2cc(Cl)cc(Cl)c2)cc1C(=O)O. The number of aryl methyl sites for hydroxylation is 1. The molecule has 0 heterocycles. The van der Waals surface area contributed by atoms with E-state index in [1.807, 2.05) is 0 Å². The van der Waals surface area contributed by atoms with Crippen LogP contribution in [0.3, 0.4) is 0 Å². The Bertz CT molecular complexity index is 830. The van der Waals surface area contributed by atoms with Gasteiger partial charge in [0.05, 0.1) is 16.1 Å². The third-order valence-corrected chi connectivity index (χ3v) is 4.68. The van der Waals surface area contributed by atoms with Crippen molar-refractivity contribution in [3.63, 3.8) is 0 Å². The second-order valence-electron chi connectivity index (χ2n) is 4.55. The van der Waals surface area contributed by atoms with Crippen molar-refractivity contribution < 1.29 is 18.3 Å². The van der Waals surface area contributed by atoms with Crippen molar-refractivity contribution in [2.24, 2.45) is 0 Å². The molecule has 2 aromatic carbocycles. The molecule has 0 saturated carbocycles. The highest BCUT2D eigenvalue weighted by Gasteiger charge is 2.18. The average molecular weight is 360 g/mol. The Morgan fingerprint density at radius 2 is 1.68 bits per heavy atom. The molecular weight excluding hydrogens is 349 g/mol. The van der Waals surface area contributed by atoms with Crippen LogP contribution in [-0.2, 0) is 10.0 Å². The fourth-order valence-electron chi connectivity index (χ4n) is 1.83. The quantitative estimate of drug-likeness (QED) is 0.869. The lowest BCUT2D eigenvalue weighted by molar-refractivity contribution is 0.0696. The molecule has 0 aromatic heterocycles. The lowest BCUT2D eigenvalue weighted by Gasteiger charge is -2.10. The number of halogens is 2. The summed E-state index contributed by atoms with van der Waals surface area (Å²) in [5, 5.41) is 9.62. The Morgan fingerprint density at radius 1 is 1.09 bits per heavy atom. The van der Waals surface area contributed by atoms with Crippen LogP contribution in [0.15, 0.2) is 41.3 Å². The summed E-state index contributed by atoms with van der Waals surface area (Å²) in [6.45, 7) is 1.59. The predicted molar refractivity (Wildman–Crippen MR) is 85.4 cm³/mol. The van der Waals surface area contributed by atoms with Crippen molar-refractivity contribution in [3.05, 3.63) is 57.6 Å². The number of sulfonamides is 1. The van der Waals surface area contributed by atoms with Gasteiger partial charge in [-0.2, -0.15) is 0 Å². The van der Waals surface area contributed by atoms with E-state index in [4.69, 9.17) is 28.3 Å². The third kappa shape index (κ3) is 3.71. The standard InChI is InChI=1S/C14H11Cl2NO4S/c1-8-2-3-12(7-13(8)14(18)19)22(20,21)17-11-5-9(15)4-10(16)6-11/h2-7,17H,1H3,(H,18,19). The van der Waals surface area contributed by atoms with Crippen LogP contribution in [0.2, 0.25) is 10.0 Å². The number of carboxylic acids is 1. The number of benzene rings is 2. The summed E-state index contributed by atoms with van der Waals surface area (Å²) in [5.41, 5.74) is 0.583. The summed E-state index contributed by atoms with van der Waals surface area (Å²) in [6, 6.07) is 8.13. The Hall–Kier alpha value is -1.76. The summed E-state index contributed by atoms with van der Waals surface area (Å²) >= 11 is 11.6. The van der Waals surface area contributed by atoms with Gasteiger partial charge < -0.3 is 5.11 Å². The molecule has 8 heteroatoms. The topological polar surface area (TPSA) is 83.5 Å². The lowest BCUT2D eigenvalue weighted by atomic mass is 10.1. The van der Waals surface area contributed by atoms with Gasteiger partial charge in [0, 0.05) is 10.0 Å². The van der Waals surface area contributed by atoms with Crippen LogP contribution >= 0.6 is 23.2 Å². The minimum absolute atomic E-state index is 0.0769. The van der Waals surface area contributed by atoms with Gasteiger partial charge >= 0.3 is 5.97 Å². The Kier molecular flexibility index (Phi) is 4.65. The maximum absolute atomic E-state index is 12.3. The van der Waals surface area contributed by atoms with Crippen LogP contribution in [0, 0.1) is 6.92 Å². The van der Waals surface area contributed by atoms with E-state index in [-0.39, 0.29) is 26.2 Å². The first-order valence-corrected chi connectivity index (χ1v) is 8.26. The van der Waals surface area contributed by atoms with Gasteiger partial charge in [-0.3, -0.25) is 4.72 Å². The zero-order valence-electron chi connectivity index (χ0n) is 11.3. The molecule has 0 atom stereocenters. The summed E-state index contributed by atoms with van der Waals surface area (Å²) in [6.07, 6.45) is 0. The molecule has 0 aliphatic heterocycles. The molecule has 0 fully saturated rings. The van der Waals surface area contributed by atoms with Gasteiger partial charge in [0.15, 0.2) is 0 Å². The van der Waals surface area contributed by atoms with Gasteiger partial charge in [-0.25, -0.2) is 13.2 Å². The third-order valence-electron chi connectivity index (χ3n) is 2.86. The Morgan fingerprint density at radius 3 is 2.23 bits per heavy atom. The van der Waals surface area contributed by atoms with Crippen molar-refractivity contribution in [1.82, 2.24) is 0 Å². The maximum atomic E-state index is 12.3. The van der Waals surface area contributed by atoms with Crippen LogP contribution in [0.4, 0.5) is 5.69 Å². The van der Waals surface area contributed by atoms with E-state index in [0.717, 1.165) is 6.07 Å². The fourth-order valence-corrected chi connectivity index (χ4v) is 3.42. The summed E-state index contributed by atoms with van der Waals surface area (Å²) in [7, 11) is -3.95. The summed E-state index contributed by atoms with van der Waals surface area (Å²) in [4.78, 5) is 10.9. The molecule has 0 aliphatic rings. The molecule has 0 spiro atoms. The maximum Gasteiger partial charge on any atom is 0.335 e. The van der Waals surface area contributed by atoms with Crippen molar-refractivity contribution in [2.75, 3.05) is 4.72 Å². The highest BCUT2D eigenvalue weighted by molar-refractivity contribution is 7.92. The number of anilines is 1. The molecule has 0 bridgehead atoms. The van der Waals surface area contributed by atoms with E-state index in [1.54, 1.807) is 6.92 Å². The van der Waals surface area contributed by atoms with Crippen molar-refractivity contribution in [2.45, 2.75) is 11.8 Å².